The van der Waals surface area contributed by atoms with E-state index in [-0.39, 0.29) is 0 Å². The Balaban J connectivity index is 2.35. The van der Waals surface area contributed by atoms with Gasteiger partial charge in [-0.3, -0.25) is 0 Å². The van der Waals surface area contributed by atoms with Gasteiger partial charge in [-0.25, -0.2) is 0 Å². The van der Waals surface area contributed by atoms with Gasteiger partial charge < -0.3 is 20.5 Å². The molecule has 0 amide bonds. The second kappa shape index (κ2) is 7.87. The number of fused-ring (bicyclic) bond motifs is 1. The number of aliphatic hydroxyl groups is 1. The van der Waals surface area contributed by atoms with Crippen LogP contribution in [0, 0.1) is 22.8 Å². The average Bonchev–Trinajstić information content (AvgIpc) is 2.58. The molecule has 0 spiro atoms. The maximum absolute atomic E-state index is 10.8. The van der Waals surface area contributed by atoms with E-state index in [1.165, 1.54) is 0 Å². The van der Waals surface area contributed by atoms with Gasteiger partial charge >= 0.3 is 0 Å². The Labute approximate surface area is 147 Å². The van der Waals surface area contributed by atoms with E-state index in [4.69, 9.17) is 15.3 Å². The Kier molecular flexibility index (Phi) is 5.84. The highest BCUT2D eigenvalue weighted by molar-refractivity contribution is 5.81. The molecule has 25 heavy (non-hydrogen) atoms. The zero-order valence-electron chi connectivity index (χ0n) is 14.7. The summed E-state index contributed by atoms with van der Waals surface area (Å²) in [5.74, 6) is 0.891. The number of ether oxygens (including phenoxy) is 1. The quantitative estimate of drug-likeness (QED) is 0.334. The first kappa shape index (κ1) is 18.6. The van der Waals surface area contributed by atoms with Gasteiger partial charge in [0, 0.05) is 12.1 Å². The molecule has 1 heterocycles. The lowest BCUT2D eigenvalue weighted by Crippen LogP contribution is -2.55. The van der Waals surface area contributed by atoms with Crippen LogP contribution in [0.4, 0.5) is 0 Å². The normalized spacial score (nSPS) is 21.3. The maximum Gasteiger partial charge on any atom is 0.209 e. The number of aliphatic imine (C=N–C) groups is 1. The molecule has 1 aliphatic heterocycles. The molecule has 0 aromatic heterocycles. The van der Waals surface area contributed by atoms with Gasteiger partial charge in [-0.15, -0.1) is 4.99 Å². The van der Waals surface area contributed by atoms with Crippen molar-refractivity contribution in [1.29, 1.82) is 10.5 Å². The van der Waals surface area contributed by atoms with Gasteiger partial charge in [-0.2, -0.15) is 10.5 Å². The highest BCUT2D eigenvalue weighted by atomic mass is 16.5. The molecular weight excluding hydrogens is 318 g/mol. The molecule has 3 N–H and O–H groups in total. The number of nitrogens with zero attached hydrogens (tertiary/aromatic N) is 3. The highest BCUT2D eigenvalue weighted by Gasteiger charge is 2.43. The Morgan fingerprint density at radius 3 is 2.80 bits per heavy atom. The number of hydrogen-bond donors (Lipinski definition) is 3. The molecule has 132 valence electrons. The van der Waals surface area contributed by atoms with Gasteiger partial charge in [0.25, 0.3) is 0 Å². The van der Waals surface area contributed by atoms with Crippen molar-refractivity contribution in [2.45, 2.75) is 51.4 Å². The minimum Gasteiger partial charge on any atom is -0.485 e. The van der Waals surface area contributed by atoms with E-state index in [0.717, 1.165) is 12.8 Å². The third-order valence-electron chi connectivity index (χ3n) is 4.15. The average molecular weight is 341 g/mol. The van der Waals surface area contributed by atoms with E-state index in [1.807, 2.05) is 0 Å². The molecule has 0 saturated heterocycles. The molecular formula is C18H23N5O2. The van der Waals surface area contributed by atoms with E-state index < -0.39 is 17.7 Å². The Morgan fingerprint density at radius 2 is 2.16 bits per heavy atom. The van der Waals surface area contributed by atoms with Crippen LogP contribution in [0.15, 0.2) is 23.2 Å². The number of nitrogens with one attached hydrogen (secondary N) is 2. The van der Waals surface area contributed by atoms with E-state index in [1.54, 1.807) is 38.2 Å². The number of benzene rings is 1. The smallest absolute Gasteiger partial charge is 0.209 e. The minimum absolute atomic E-state index is 0.297. The van der Waals surface area contributed by atoms with Crippen LogP contribution in [0.25, 0.3) is 0 Å². The lowest BCUT2D eigenvalue weighted by atomic mass is 9.86. The van der Waals surface area contributed by atoms with Crippen molar-refractivity contribution in [2.24, 2.45) is 4.99 Å². The molecule has 7 nitrogen and oxygen atoms in total. The molecule has 7 heteroatoms. The predicted molar refractivity (Wildman–Crippen MR) is 93.7 cm³/mol. The van der Waals surface area contributed by atoms with Crippen LogP contribution in [0.2, 0.25) is 0 Å². The molecule has 2 rings (SSSR count). The maximum atomic E-state index is 10.8. The second-order valence-corrected chi connectivity index (χ2v) is 6.48. The zero-order valence-corrected chi connectivity index (χ0v) is 14.7. The number of hydrogen-bond acceptors (Lipinski definition) is 5. The fraction of sp³-hybridized carbons (Fsp3) is 0.500. The molecule has 0 fully saturated rings. The molecule has 1 aromatic rings. The molecule has 0 aliphatic carbocycles. The van der Waals surface area contributed by atoms with Gasteiger partial charge in [0.2, 0.25) is 12.2 Å². The van der Waals surface area contributed by atoms with Crippen LogP contribution in [0.1, 0.15) is 50.8 Å². The van der Waals surface area contributed by atoms with Crippen molar-refractivity contribution in [3.63, 3.8) is 0 Å². The summed E-state index contributed by atoms with van der Waals surface area (Å²) in [4.78, 5) is 3.77. The lowest BCUT2D eigenvalue weighted by Gasteiger charge is -2.42. The van der Waals surface area contributed by atoms with Crippen LogP contribution in [0.3, 0.4) is 0 Å². The topological polar surface area (TPSA) is 113 Å². The van der Waals surface area contributed by atoms with Crippen LogP contribution in [-0.4, -0.2) is 29.3 Å². The monoisotopic (exact) mass is 341 g/mol. The fourth-order valence-corrected chi connectivity index (χ4v) is 2.73. The zero-order chi connectivity index (χ0) is 18.4. The van der Waals surface area contributed by atoms with E-state index in [0.29, 0.717) is 29.4 Å². The van der Waals surface area contributed by atoms with E-state index in [9.17, 15) is 5.11 Å². The SMILES string of the molecule is CCCCN/C(=N/C#N)N[C@H]1c2cc(C#N)ccc2OC(C)(C)[C@@H]1O. The summed E-state index contributed by atoms with van der Waals surface area (Å²) in [6, 6.07) is 6.61. The minimum atomic E-state index is -0.897. The summed E-state index contributed by atoms with van der Waals surface area (Å²) in [7, 11) is 0. The van der Waals surface area contributed by atoms with Crippen LogP contribution in [-0.2, 0) is 0 Å². The van der Waals surface area contributed by atoms with Crippen molar-refractivity contribution in [1.82, 2.24) is 10.6 Å². The Bertz CT molecular complexity index is 730. The Hall–Kier alpha value is -2.77. The molecule has 2 atom stereocenters. The lowest BCUT2D eigenvalue weighted by molar-refractivity contribution is -0.0612. The highest BCUT2D eigenvalue weighted by Crippen LogP contribution is 2.40. The van der Waals surface area contributed by atoms with Gasteiger partial charge in [-0.05, 0) is 38.5 Å². The van der Waals surface area contributed by atoms with Crippen molar-refractivity contribution in [2.75, 3.05) is 6.54 Å². The molecule has 0 unspecified atom stereocenters. The number of unbranched alkanes of at least 4 members (excludes halogenated alkanes) is 1. The van der Waals surface area contributed by atoms with Crippen molar-refractivity contribution < 1.29 is 9.84 Å². The largest absolute Gasteiger partial charge is 0.485 e. The molecule has 0 radical (unpaired) electrons. The number of rotatable bonds is 4. The van der Waals surface area contributed by atoms with Crippen LogP contribution in [0.5, 0.6) is 5.75 Å². The summed E-state index contributed by atoms with van der Waals surface area (Å²) in [6.45, 7) is 6.32. The summed E-state index contributed by atoms with van der Waals surface area (Å²) in [6.07, 6.45) is 2.81. The summed E-state index contributed by atoms with van der Waals surface area (Å²) >= 11 is 0. The number of aliphatic hydroxyl groups excluding tert-OH is 1. The van der Waals surface area contributed by atoms with E-state index in [2.05, 4.69) is 28.6 Å². The summed E-state index contributed by atoms with van der Waals surface area (Å²) < 4.78 is 5.88. The van der Waals surface area contributed by atoms with E-state index >= 15 is 0 Å². The number of nitriles is 2. The second-order valence-electron chi connectivity index (χ2n) is 6.48. The first-order chi connectivity index (χ1) is 11.9. The van der Waals surface area contributed by atoms with Crippen LogP contribution < -0.4 is 15.4 Å². The first-order valence-corrected chi connectivity index (χ1v) is 8.31. The molecule has 1 aliphatic rings. The summed E-state index contributed by atoms with van der Waals surface area (Å²) in [5.41, 5.74) is 0.299. The molecule has 0 saturated carbocycles. The fourth-order valence-electron chi connectivity index (χ4n) is 2.73. The van der Waals surface area contributed by atoms with Gasteiger partial charge in [0.15, 0.2) is 0 Å². The van der Waals surface area contributed by atoms with Gasteiger partial charge in [-0.1, -0.05) is 13.3 Å². The Morgan fingerprint density at radius 1 is 1.40 bits per heavy atom. The third-order valence-corrected chi connectivity index (χ3v) is 4.15. The third kappa shape index (κ3) is 4.20. The number of guanidine groups is 1. The van der Waals surface area contributed by atoms with Crippen molar-refractivity contribution >= 4 is 5.96 Å². The molecule has 1 aromatic carbocycles. The predicted octanol–water partition coefficient (Wildman–Crippen LogP) is 1.95. The van der Waals surface area contributed by atoms with Crippen molar-refractivity contribution in [3.05, 3.63) is 29.3 Å². The van der Waals surface area contributed by atoms with Gasteiger partial charge in [0.05, 0.1) is 17.7 Å². The van der Waals surface area contributed by atoms with Gasteiger partial charge in [0.1, 0.15) is 17.5 Å². The summed E-state index contributed by atoms with van der Waals surface area (Å²) in [5, 5.41) is 35.0. The first-order valence-electron chi connectivity index (χ1n) is 8.31. The van der Waals surface area contributed by atoms with Crippen LogP contribution >= 0.6 is 0 Å². The molecule has 0 bridgehead atoms. The van der Waals surface area contributed by atoms with Crippen molar-refractivity contribution in [3.8, 4) is 18.0 Å². The standard InChI is InChI=1S/C18H23N5O2/c1-4-5-8-21-17(22-11-20)23-15-13-9-12(10-19)6-7-14(13)25-18(2,3)16(15)24/h6-7,9,15-16,24H,4-5,8H2,1-3H3,(H2,21,22,23)/t15-,16+/m0/s1.